The highest BCUT2D eigenvalue weighted by atomic mass is 16.5. The third kappa shape index (κ3) is 3.93. The number of hydrogen-bond donors (Lipinski definition) is 2. The fourth-order valence-electron chi connectivity index (χ4n) is 3.72. The molecule has 19 heavy (non-hydrogen) atoms. The molecule has 1 aliphatic heterocycles. The van der Waals surface area contributed by atoms with Gasteiger partial charge in [-0.05, 0) is 32.2 Å². The maximum Gasteiger partial charge on any atom is 0.0918 e. The molecule has 1 unspecified atom stereocenters. The predicted octanol–water partition coefficient (Wildman–Crippen LogP) is 2.52. The highest BCUT2D eigenvalue weighted by molar-refractivity contribution is 5.76. The van der Waals surface area contributed by atoms with E-state index in [1.807, 2.05) is 0 Å². The summed E-state index contributed by atoms with van der Waals surface area (Å²) in [5.74, 6) is 0.304. The van der Waals surface area contributed by atoms with Gasteiger partial charge in [0, 0.05) is 25.6 Å². The maximum absolute atomic E-state index is 7.39. The summed E-state index contributed by atoms with van der Waals surface area (Å²) in [6.07, 6.45) is 9.52. The van der Waals surface area contributed by atoms with Crippen LogP contribution in [0.4, 0.5) is 0 Å². The van der Waals surface area contributed by atoms with Gasteiger partial charge in [0.2, 0.25) is 0 Å². The first-order valence-electron chi connectivity index (χ1n) is 7.86. The van der Waals surface area contributed by atoms with E-state index in [4.69, 9.17) is 15.9 Å². The zero-order valence-corrected chi connectivity index (χ0v) is 12.3. The molecule has 0 radical (unpaired) electrons. The van der Waals surface area contributed by atoms with Crippen molar-refractivity contribution in [3.05, 3.63) is 0 Å². The Morgan fingerprint density at radius 1 is 1.37 bits per heavy atom. The SMILES string of the molecule is CCN(CCC(=N)N)C1CCOC2(CCCCC2)C1. The second-order valence-corrected chi connectivity index (χ2v) is 6.14. The molecule has 0 aromatic carbocycles. The summed E-state index contributed by atoms with van der Waals surface area (Å²) in [5.41, 5.74) is 5.66. The molecule has 1 atom stereocenters. The van der Waals surface area contributed by atoms with E-state index in [1.54, 1.807) is 0 Å². The Balaban J connectivity index is 1.92. The molecule has 0 aromatic rings. The fourth-order valence-corrected chi connectivity index (χ4v) is 3.72. The average Bonchev–Trinajstić information content (AvgIpc) is 2.40. The lowest BCUT2D eigenvalue weighted by molar-refractivity contribution is -0.123. The third-order valence-corrected chi connectivity index (χ3v) is 4.82. The van der Waals surface area contributed by atoms with E-state index in [2.05, 4.69) is 11.8 Å². The first kappa shape index (κ1) is 14.8. The molecule has 3 N–H and O–H groups in total. The number of rotatable bonds is 5. The number of nitrogens with zero attached hydrogens (tertiary/aromatic N) is 1. The summed E-state index contributed by atoms with van der Waals surface area (Å²) in [6, 6.07) is 0.621. The van der Waals surface area contributed by atoms with Gasteiger partial charge in [-0.25, -0.2) is 0 Å². The number of nitrogens with one attached hydrogen (secondary N) is 1. The van der Waals surface area contributed by atoms with Crippen molar-refractivity contribution < 1.29 is 4.74 Å². The van der Waals surface area contributed by atoms with Crippen LogP contribution in [0.3, 0.4) is 0 Å². The minimum absolute atomic E-state index is 0.171. The Kier molecular flexibility index (Phi) is 5.22. The Bertz CT molecular complexity index is 294. The van der Waals surface area contributed by atoms with Gasteiger partial charge in [0.05, 0.1) is 11.4 Å². The summed E-state index contributed by atoms with van der Waals surface area (Å²) < 4.78 is 6.16. The van der Waals surface area contributed by atoms with Crippen LogP contribution in [0.1, 0.15) is 58.3 Å². The van der Waals surface area contributed by atoms with Crippen molar-refractivity contribution in [1.82, 2.24) is 4.90 Å². The topological polar surface area (TPSA) is 62.3 Å². The van der Waals surface area contributed by atoms with E-state index in [1.165, 1.54) is 38.5 Å². The molecule has 0 aromatic heterocycles. The second kappa shape index (κ2) is 6.71. The lowest BCUT2D eigenvalue weighted by Crippen LogP contribution is -2.50. The molecular formula is C15H29N3O. The monoisotopic (exact) mass is 267 g/mol. The quantitative estimate of drug-likeness (QED) is 0.594. The van der Waals surface area contributed by atoms with E-state index in [0.29, 0.717) is 18.3 Å². The van der Waals surface area contributed by atoms with Crippen molar-refractivity contribution in [2.75, 3.05) is 19.7 Å². The molecular weight excluding hydrogens is 238 g/mol. The van der Waals surface area contributed by atoms with E-state index in [0.717, 1.165) is 26.1 Å². The van der Waals surface area contributed by atoms with E-state index < -0.39 is 0 Å². The maximum atomic E-state index is 7.39. The van der Waals surface area contributed by atoms with Crippen molar-refractivity contribution in [3.8, 4) is 0 Å². The van der Waals surface area contributed by atoms with Crippen LogP contribution in [0.15, 0.2) is 0 Å². The van der Waals surface area contributed by atoms with Gasteiger partial charge in [-0.3, -0.25) is 5.41 Å². The highest BCUT2D eigenvalue weighted by Crippen LogP contribution is 2.39. The zero-order chi connectivity index (χ0) is 13.7. The van der Waals surface area contributed by atoms with Gasteiger partial charge in [-0.1, -0.05) is 26.2 Å². The molecule has 1 spiro atoms. The van der Waals surface area contributed by atoms with Gasteiger partial charge in [0.25, 0.3) is 0 Å². The first-order valence-corrected chi connectivity index (χ1v) is 7.86. The van der Waals surface area contributed by atoms with Crippen molar-refractivity contribution >= 4 is 5.84 Å². The molecule has 0 bridgehead atoms. The molecule has 1 saturated carbocycles. The van der Waals surface area contributed by atoms with Gasteiger partial charge < -0.3 is 15.4 Å². The first-order chi connectivity index (χ1) is 9.15. The van der Waals surface area contributed by atoms with Gasteiger partial charge in [-0.15, -0.1) is 0 Å². The third-order valence-electron chi connectivity index (χ3n) is 4.82. The van der Waals surface area contributed by atoms with E-state index in [9.17, 15) is 0 Å². The summed E-state index contributed by atoms with van der Waals surface area (Å²) in [4.78, 5) is 2.50. The van der Waals surface area contributed by atoms with Crippen molar-refractivity contribution in [2.24, 2.45) is 5.73 Å². The minimum Gasteiger partial charge on any atom is -0.388 e. The molecule has 1 aliphatic carbocycles. The Morgan fingerprint density at radius 2 is 2.11 bits per heavy atom. The van der Waals surface area contributed by atoms with Gasteiger partial charge in [0.1, 0.15) is 0 Å². The normalized spacial score (nSPS) is 26.7. The van der Waals surface area contributed by atoms with Crippen LogP contribution in [0.5, 0.6) is 0 Å². The predicted molar refractivity (Wildman–Crippen MR) is 78.6 cm³/mol. The van der Waals surface area contributed by atoms with Crippen LogP contribution in [0, 0.1) is 5.41 Å². The molecule has 4 heteroatoms. The number of hydrogen-bond acceptors (Lipinski definition) is 3. The van der Waals surface area contributed by atoms with E-state index >= 15 is 0 Å². The second-order valence-electron chi connectivity index (χ2n) is 6.14. The molecule has 0 amide bonds. The molecule has 110 valence electrons. The number of amidine groups is 1. The molecule has 1 saturated heterocycles. The van der Waals surface area contributed by atoms with Crippen molar-refractivity contribution in [1.29, 1.82) is 5.41 Å². The van der Waals surface area contributed by atoms with Crippen LogP contribution >= 0.6 is 0 Å². The van der Waals surface area contributed by atoms with Crippen LogP contribution in [-0.4, -0.2) is 42.1 Å². The summed E-state index contributed by atoms with van der Waals surface area (Å²) in [5, 5.41) is 7.39. The standard InChI is InChI=1S/C15H29N3O/c1-2-18(10-6-14(16)17)13-7-11-19-15(12-13)8-4-3-5-9-15/h13H,2-12H2,1H3,(H3,16,17). The number of ether oxygens (including phenoxy) is 1. The van der Waals surface area contributed by atoms with Crippen molar-refractivity contribution in [2.45, 2.75) is 69.9 Å². The highest BCUT2D eigenvalue weighted by Gasteiger charge is 2.39. The van der Waals surface area contributed by atoms with Crippen molar-refractivity contribution in [3.63, 3.8) is 0 Å². The summed E-state index contributed by atoms with van der Waals surface area (Å²) >= 11 is 0. The summed E-state index contributed by atoms with van der Waals surface area (Å²) in [6.45, 7) is 5.09. The van der Waals surface area contributed by atoms with Gasteiger partial charge in [-0.2, -0.15) is 0 Å². The minimum atomic E-state index is 0.171. The van der Waals surface area contributed by atoms with Crippen LogP contribution in [0.25, 0.3) is 0 Å². The Hall–Kier alpha value is -0.610. The molecule has 2 aliphatic rings. The van der Waals surface area contributed by atoms with Gasteiger partial charge >= 0.3 is 0 Å². The van der Waals surface area contributed by atoms with Crippen LogP contribution in [-0.2, 0) is 4.74 Å². The summed E-state index contributed by atoms with van der Waals surface area (Å²) in [7, 11) is 0. The average molecular weight is 267 g/mol. The lowest BCUT2D eigenvalue weighted by atomic mass is 9.78. The lowest BCUT2D eigenvalue weighted by Gasteiger charge is -2.46. The molecule has 2 rings (SSSR count). The smallest absolute Gasteiger partial charge is 0.0918 e. The zero-order valence-electron chi connectivity index (χ0n) is 12.3. The fraction of sp³-hybridized carbons (Fsp3) is 0.933. The largest absolute Gasteiger partial charge is 0.388 e. The molecule has 1 heterocycles. The van der Waals surface area contributed by atoms with E-state index in [-0.39, 0.29) is 5.60 Å². The molecule has 2 fully saturated rings. The van der Waals surface area contributed by atoms with Crippen LogP contribution in [0.2, 0.25) is 0 Å². The van der Waals surface area contributed by atoms with Gasteiger partial charge in [0.15, 0.2) is 0 Å². The molecule has 4 nitrogen and oxygen atoms in total. The Labute approximate surface area is 117 Å². The Morgan fingerprint density at radius 3 is 2.74 bits per heavy atom. The number of nitrogens with two attached hydrogens (primary N) is 1. The van der Waals surface area contributed by atoms with Crippen LogP contribution < -0.4 is 5.73 Å².